The lowest BCUT2D eigenvalue weighted by molar-refractivity contribution is 0.305. The summed E-state index contributed by atoms with van der Waals surface area (Å²) in [7, 11) is 0. The highest BCUT2D eigenvalue weighted by Crippen LogP contribution is 2.34. The molecule has 0 aromatic carbocycles. The summed E-state index contributed by atoms with van der Waals surface area (Å²) in [6.45, 7) is 8.71. The molecule has 0 saturated heterocycles. The van der Waals surface area contributed by atoms with E-state index < -0.39 is 0 Å². The summed E-state index contributed by atoms with van der Waals surface area (Å²) in [5.74, 6) is 0.491. The number of hydrogen-bond donors (Lipinski definition) is 1. The van der Waals surface area contributed by atoms with Gasteiger partial charge in [0.15, 0.2) is 0 Å². The molecule has 0 amide bonds. The molecule has 1 rings (SSSR count). The molecule has 13 heavy (non-hydrogen) atoms. The van der Waals surface area contributed by atoms with E-state index in [2.05, 4.69) is 39.1 Å². The zero-order chi connectivity index (χ0) is 10.1. The zero-order valence-electron chi connectivity index (χ0n) is 8.92. The smallest absolute Gasteiger partial charge is 0.0441 e. The zero-order valence-corrected chi connectivity index (χ0v) is 9.74. The molecular weight excluding hydrogens is 178 g/mol. The van der Waals surface area contributed by atoms with Crippen LogP contribution in [0.15, 0.2) is 11.4 Å². The van der Waals surface area contributed by atoms with Crippen LogP contribution in [0.4, 0.5) is 0 Å². The van der Waals surface area contributed by atoms with Gasteiger partial charge in [0.1, 0.15) is 0 Å². The molecular formula is C11H19NS. The molecule has 0 aliphatic heterocycles. The fraction of sp³-hybridized carbons (Fsp3) is 0.636. The second-order valence-electron chi connectivity index (χ2n) is 3.94. The summed E-state index contributed by atoms with van der Waals surface area (Å²) in [5.41, 5.74) is 7.61. The predicted octanol–water partition coefficient (Wildman–Crippen LogP) is 3.28. The highest BCUT2D eigenvalue weighted by molar-refractivity contribution is 7.10. The van der Waals surface area contributed by atoms with Gasteiger partial charge in [0, 0.05) is 10.4 Å². The monoisotopic (exact) mass is 197 g/mol. The Morgan fingerprint density at radius 3 is 2.46 bits per heavy atom. The van der Waals surface area contributed by atoms with Crippen LogP contribution in [0.3, 0.4) is 0 Å². The van der Waals surface area contributed by atoms with Crippen LogP contribution in [0.1, 0.15) is 37.6 Å². The molecule has 1 aromatic heterocycles. The lowest BCUT2D eigenvalue weighted by Crippen LogP contribution is -2.41. The molecule has 1 heterocycles. The Hall–Kier alpha value is -0.340. The first-order valence-corrected chi connectivity index (χ1v) is 5.73. The van der Waals surface area contributed by atoms with Crippen molar-refractivity contribution in [2.24, 2.45) is 11.7 Å². The summed E-state index contributed by atoms with van der Waals surface area (Å²) in [5, 5.41) is 2.13. The van der Waals surface area contributed by atoms with Gasteiger partial charge in [-0.15, -0.1) is 11.3 Å². The Kier molecular flexibility index (Phi) is 3.14. The molecule has 0 fully saturated rings. The molecule has 0 bridgehead atoms. The second-order valence-corrected chi connectivity index (χ2v) is 5.06. The number of nitrogens with two attached hydrogens (primary N) is 1. The van der Waals surface area contributed by atoms with Gasteiger partial charge in [0.05, 0.1) is 0 Å². The van der Waals surface area contributed by atoms with E-state index in [0.29, 0.717) is 5.92 Å². The van der Waals surface area contributed by atoms with Gasteiger partial charge >= 0.3 is 0 Å². The molecule has 1 atom stereocenters. The average Bonchev–Trinajstić information content (AvgIpc) is 2.50. The maximum atomic E-state index is 6.41. The van der Waals surface area contributed by atoms with Gasteiger partial charge in [-0.1, -0.05) is 20.8 Å². The summed E-state index contributed by atoms with van der Waals surface area (Å²) < 4.78 is 0. The third-order valence-electron chi connectivity index (χ3n) is 2.98. The third-order valence-corrected chi connectivity index (χ3v) is 3.82. The minimum atomic E-state index is -0.135. The first-order valence-electron chi connectivity index (χ1n) is 4.85. The molecule has 2 N–H and O–H groups in total. The fourth-order valence-corrected chi connectivity index (χ4v) is 2.57. The van der Waals surface area contributed by atoms with Crippen LogP contribution in [0, 0.1) is 12.8 Å². The van der Waals surface area contributed by atoms with Gasteiger partial charge in [-0.2, -0.15) is 0 Å². The van der Waals surface area contributed by atoms with Gasteiger partial charge < -0.3 is 5.73 Å². The summed E-state index contributed by atoms with van der Waals surface area (Å²) in [4.78, 5) is 1.36. The highest BCUT2D eigenvalue weighted by atomic mass is 32.1. The quantitative estimate of drug-likeness (QED) is 0.790. The molecule has 2 heteroatoms. The Morgan fingerprint density at radius 1 is 1.54 bits per heavy atom. The topological polar surface area (TPSA) is 26.0 Å². The second kappa shape index (κ2) is 3.81. The van der Waals surface area contributed by atoms with Gasteiger partial charge in [-0.05, 0) is 36.3 Å². The molecule has 0 radical (unpaired) electrons. The molecule has 74 valence electrons. The van der Waals surface area contributed by atoms with Crippen molar-refractivity contribution in [1.29, 1.82) is 0 Å². The van der Waals surface area contributed by atoms with Crippen molar-refractivity contribution in [2.75, 3.05) is 0 Å². The van der Waals surface area contributed by atoms with Gasteiger partial charge in [-0.25, -0.2) is 0 Å². The van der Waals surface area contributed by atoms with E-state index in [1.165, 1.54) is 10.4 Å². The van der Waals surface area contributed by atoms with E-state index in [4.69, 9.17) is 5.73 Å². The normalized spacial score (nSPS) is 16.2. The maximum absolute atomic E-state index is 6.41. The Labute approximate surface area is 85.0 Å². The van der Waals surface area contributed by atoms with Crippen molar-refractivity contribution in [2.45, 2.75) is 39.7 Å². The third kappa shape index (κ3) is 1.79. The number of hydrogen-bond acceptors (Lipinski definition) is 2. The van der Waals surface area contributed by atoms with Crippen molar-refractivity contribution in [3.63, 3.8) is 0 Å². The highest BCUT2D eigenvalue weighted by Gasteiger charge is 2.30. The number of aryl methyl sites for hydroxylation is 1. The SMILES string of the molecule is CCC(N)(c1ccsc1C)C(C)C. The van der Waals surface area contributed by atoms with E-state index in [9.17, 15) is 0 Å². The van der Waals surface area contributed by atoms with Gasteiger partial charge in [-0.3, -0.25) is 0 Å². The summed E-state index contributed by atoms with van der Waals surface area (Å²) >= 11 is 1.78. The standard InChI is InChI=1S/C11H19NS/c1-5-11(12,8(2)3)10-6-7-13-9(10)4/h6-8H,5,12H2,1-4H3. The van der Waals surface area contributed by atoms with E-state index in [-0.39, 0.29) is 5.54 Å². The summed E-state index contributed by atoms with van der Waals surface area (Å²) in [6, 6.07) is 2.17. The van der Waals surface area contributed by atoms with E-state index in [0.717, 1.165) is 6.42 Å². The molecule has 0 aliphatic rings. The number of rotatable bonds is 3. The van der Waals surface area contributed by atoms with Crippen molar-refractivity contribution in [1.82, 2.24) is 0 Å². The molecule has 0 saturated carbocycles. The fourth-order valence-electron chi connectivity index (χ4n) is 1.78. The number of thiophene rings is 1. The summed E-state index contributed by atoms with van der Waals surface area (Å²) in [6.07, 6.45) is 1.00. The van der Waals surface area contributed by atoms with Crippen LogP contribution in [-0.2, 0) is 5.54 Å². The van der Waals surface area contributed by atoms with Crippen molar-refractivity contribution >= 4 is 11.3 Å². The Balaban J connectivity index is 3.10. The van der Waals surface area contributed by atoms with Crippen molar-refractivity contribution in [3.05, 3.63) is 21.9 Å². The van der Waals surface area contributed by atoms with Crippen LogP contribution in [-0.4, -0.2) is 0 Å². The lowest BCUT2D eigenvalue weighted by Gasteiger charge is -2.33. The molecule has 1 unspecified atom stereocenters. The van der Waals surface area contributed by atoms with E-state index >= 15 is 0 Å². The largest absolute Gasteiger partial charge is 0.321 e. The van der Waals surface area contributed by atoms with Crippen molar-refractivity contribution in [3.8, 4) is 0 Å². The molecule has 1 aromatic rings. The van der Waals surface area contributed by atoms with Crippen LogP contribution >= 0.6 is 11.3 Å². The minimum absolute atomic E-state index is 0.135. The molecule has 0 spiro atoms. The van der Waals surface area contributed by atoms with E-state index in [1.807, 2.05) is 0 Å². The Morgan fingerprint density at radius 2 is 2.15 bits per heavy atom. The maximum Gasteiger partial charge on any atom is 0.0441 e. The van der Waals surface area contributed by atoms with Crippen LogP contribution in [0.25, 0.3) is 0 Å². The molecule has 1 nitrogen and oxygen atoms in total. The van der Waals surface area contributed by atoms with Crippen LogP contribution in [0.2, 0.25) is 0 Å². The average molecular weight is 197 g/mol. The molecule has 0 aliphatic carbocycles. The van der Waals surface area contributed by atoms with E-state index in [1.54, 1.807) is 11.3 Å². The Bertz CT molecular complexity index is 277. The van der Waals surface area contributed by atoms with Gasteiger partial charge in [0.25, 0.3) is 0 Å². The van der Waals surface area contributed by atoms with Crippen LogP contribution < -0.4 is 5.73 Å². The minimum Gasteiger partial charge on any atom is -0.321 e. The van der Waals surface area contributed by atoms with Crippen LogP contribution in [0.5, 0.6) is 0 Å². The first-order chi connectivity index (χ1) is 6.02. The van der Waals surface area contributed by atoms with Crippen molar-refractivity contribution < 1.29 is 0 Å². The van der Waals surface area contributed by atoms with Gasteiger partial charge in [0.2, 0.25) is 0 Å². The lowest BCUT2D eigenvalue weighted by atomic mass is 9.79. The first kappa shape index (κ1) is 10.7. The predicted molar refractivity (Wildman–Crippen MR) is 60.1 cm³/mol.